The lowest BCUT2D eigenvalue weighted by Crippen LogP contribution is -2.45. The van der Waals surface area contributed by atoms with Crippen LogP contribution in [-0.2, 0) is 20.7 Å². The highest BCUT2D eigenvalue weighted by atomic mass is 16.5. The molecular formula is C31H33N5O3. The second-order valence-electron chi connectivity index (χ2n) is 10.5. The maximum Gasteiger partial charge on any atom is 0.230 e. The molecule has 8 heteroatoms. The highest BCUT2D eigenvalue weighted by Crippen LogP contribution is 2.27. The first-order valence-corrected chi connectivity index (χ1v) is 13.6. The minimum absolute atomic E-state index is 0.110. The van der Waals surface area contributed by atoms with E-state index in [1.54, 1.807) is 6.20 Å². The van der Waals surface area contributed by atoms with E-state index in [0.29, 0.717) is 11.6 Å². The Morgan fingerprint density at radius 1 is 1.00 bits per heavy atom. The van der Waals surface area contributed by atoms with Crippen LogP contribution < -0.4 is 10.2 Å². The number of hydrogen-bond acceptors (Lipinski definition) is 7. The van der Waals surface area contributed by atoms with Gasteiger partial charge in [-0.2, -0.15) is 0 Å². The van der Waals surface area contributed by atoms with Crippen molar-refractivity contribution in [2.45, 2.75) is 44.8 Å². The number of ether oxygens (including phenoxy) is 2. The minimum atomic E-state index is -0.110. The van der Waals surface area contributed by atoms with Gasteiger partial charge >= 0.3 is 0 Å². The van der Waals surface area contributed by atoms with E-state index < -0.39 is 0 Å². The van der Waals surface area contributed by atoms with Gasteiger partial charge in [0.25, 0.3) is 0 Å². The summed E-state index contributed by atoms with van der Waals surface area (Å²) in [6.45, 7) is 7.32. The monoisotopic (exact) mass is 523 g/mol. The number of morpholine rings is 1. The lowest BCUT2D eigenvalue weighted by molar-refractivity contribution is -0.115. The fraction of sp³-hybridized carbons (Fsp3) is 0.355. The van der Waals surface area contributed by atoms with Crippen molar-refractivity contribution >= 4 is 28.3 Å². The Balaban J connectivity index is 1.18. The van der Waals surface area contributed by atoms with Gasteiger partial charge in [-0.25, -0.2) is 9.97 Å². The predicted octanol–water partition coefficient (Wildman–Crippen LogP) is 4.99. The number of fused-ring (bicyclic) bond motifs is 1. The van der Waals surface area contributed by atoms with Gasteiger partial charge < -0.3 is 19.7 Å². The van der Waals surface area contributed by atoms with E-state index in [4.69, 9.17) is 19.4 Å². The first kappa shape index (κ1) is 25.4. The van der Waals surface area contributed by atoms with E-state index in [0.717, 1.165) is 66.5 Å². The van der Waals surface area contributed by atoms with Gasteiger partial charge in [0.15, 0.2) is 0 Å². The molecular weight excluding hydrogens is 490 g/mol. The van der Waals surface area contributed by atoms with Crippen LogP contribution in [0.25, 0.3) is 22.3 Å². The van der Waals surface area contributed by atoms with Crippen molar-refractivity contribution < 1.29 is 14.3 Å². The van der Waals surface area contributed by atoms with Crippen LogP contribution in [0.4, 0.5) is 11.5 Å². The Labute approximate surface area is 228 Å². The molecule has 3 atom stereocenters. The molecule has 0 bridgehead atoms. The quantitative estimate of drug-likeness (QED) is 0.381. The lowest BCUT2D eigenvalue weighted by Gasteiger charge is -2.36. The van der Waals surface area contributed by atoms with Crippen molar-refractivity contribution in [2.75, 3.05) is 36.5 Å². The fourth-order valence-corrected chi connectivity index (χ4v) is 5.44. The Bertz CT molecular complexity index is 1480. The number of nitrogens with one attached hydrogen (secondary N) is 1. The van der Waals surface area contributed by atoms with Crippen molar-refractivity contribution in [2.24, 2.45) is 0 Å². The number of amides is 1. The van der Waals surface area contributed by atoms with E-state index in [2.05, 4.69) is 35.1 Å². The highest BCUT2D eigenvalue weighted by Gasteiger charge is 2.23. The Hall–Kier alpha value is -3.88. The first-order valence-electron chi connectivity index (χ1n) is 13.6. The van der Waals surface area contributed by atoms with Crippen molar-refractivity contribution in [3.8, 4) is 11.4 Å². The number of benzene rings is 1. The summed E-state index contributed by atoms with van der Waals surface area (Å²) in [6, 6.07) is 19.9. The molecule has 0 saturated carbocycles. The van der Waals surface area contributed by atoms with Crippen molar-refractivity contribution in [3.05, 3.63) is 78.1 Å². The second kappa shape index (κ2) is 11.1. The number of nitrogens with zero attached hydrogens (tertiary/aromatic N) is 4. The normalized spacial score (nSPS) is 21.3. The Morgan fingerprint density at radius 3 is 2.64 bits per heavy atom. The molecule has 1 amide bonds. The summed E-state index contributed by atoms with van der Waals surface area (Å²) < 4.78 is 11.4. The molecule has 200 valence electrons. The van der Waals surface area contributed by atoms with Crippen LogP contribution >= 0.6 is 0 Å². The van der Waals surface area contributed by atoms with Gasteiger partial charge in [-0.05, 0) is 68.3 Å². The number of rotatable bonds is 6. The van der Waals surface area contributed by atoms with Gasteiger partial charge in [0.2, 0.25) is 5.91 Å². The summed E-state index contributed by atoms with van der Waals surface area (Å²) in [5.41, 5.74) is 5.04. The van der Waals surface area contributed by atoms with Gasteiger partial charge in [0.05, 0.1) is 47.8 Å². The second-order valence-corrected chi connectivity index (χ2v) is 10.5. The summed E-state index contributed by atoms with van der Waals surface area (Å²) in [7, 11) is 0. The van der Waals surface area contributed by atoms with E-state index in [1.807, 2.05) is 54.6 Å². The molecule has 6 rings (SSSR count). The lowest BCUT2D eigenvalue weighted by atomic mass is 9.98. The van der Waals surface area contributed by atoms with E-state index >= 15 is 0 Å². The van der Waals surface area contributed by atoms with Gasteiger partial charge in [0.1, 0.15) is 5.82 Å². The predicted molar refractivity (Wildman–Crippen MR) is 152 cm³/mol. The maximum atomic E-state index is 12.9. The molecule has 1 N–H and O–H groups in total. The highest BCUT2D eigenvalue weighted by molar-refractivity contribution is 5.92. The topological polar surface area (TPSA) is 89.5 Å². The molecule has 2 aliphatic heterocycles. The molecule has 3 aromatic heterocycles. The fourth-order valence-electron chi connectivity index (χ4n) is 5.44. The average molecular weight is 524 g/mol. The van der Waals surface area contributed by atoms with E-state index in [-0.39, 0.29) is 24.5 Å². The SMILES string of the molecule is C[C@@H]1CN(c2cccc(-c3ccc4cnc(CC(=O)Nc5cccc(C6CCOC6)c5)cc4n3)n2)C[C@H](C)O1. The van der Waals surface area contributed by atoms with Crippen molar-refractivity contribution in [1.29, 1.82) is 0 Å². The maximum absolute atomic E-state index is 12.9. The number of hydrogen-bond donors (Lipinski definition) is 1. The van der Waals surface area contributed by atoms with Gasteiger partial charge in [0, 0.05) is 42.9 Å². The molecule has 0 aliphatic carbocycles. The first-order chi connectivity index (χ1) is 19.0. The largest absolute Gasteiger partial charge is 0.381 e. The molecule has 0 radical (unpaired) electrons. The Kier molecular flexibility index (Phi) is 7.22. The number of anilines is 2. The standard InChI is InChI=1S/C31H33N5O3/c1-20-17-36(18-21(2)39-20)30-8-4-7-27(35-30)28-10-9-23-16-32-26(14-29(23)34-28)15-31(37)33-25-6-3-5-22(13-25)24-11-12-38-19-24/h3-10,13-14,16,20-21,24H,11-12,15,17-19H2,1-2H3,(H,33,37)/t20-,21+,24?. The van der Waals surface area contributed by atoms with E-state index in [1.165, 1.54) is 5.56 Å². The smallest absolute Gasteiger partial charge is 0.230 e. The molecule has 2 aliphatic rings. The third-order valence-electron chi connectivity index (χ3n) is 7.28. The number of pyridine rings is 3. The molecule has 1 unspecified atom stereocenters. The number of carbonyl (C=O) groups excluding carboxylic acids is 1. The molecule has 4 aromatic rings. The van der Waals surface area contributed by atoms with Crippen LogP contribution in [0.2, 0.25) is 0 Å². The minimum Gasteiger partial charge on any atom is -0.381 e. The molecule has 5 heterocycles. The number of aromatic nitrogens is 3. The summed E-state index contributed by atoms with van der Waals surface area (Å²) in [4.78, 5) is 29.4. The number of carbonyl (C=O) groups is 1. The average Bonchev–Trinajstić information content (AvgIpc) is 3.48. The van der Waals surface area contributed by atoms with Crippen LogP contribution in [0.3, 0.4) is 0 Å². The Morgan fingerprint density at radius 2 is 1.82 bits per heavy atom. The molecule has 8 nitrogen and oxygen atoms in total. The zero-order valence-electron chi connectivity index (χ0n) is 22.3. The van der Waals surface area contributed by atoms with Crippen LogP contribution in [-0.4, -0.2) is 59.4 Å². The molecule has 39 heavy (non-hydrogen) atoms. The third kappa shape index (κ3) is 5.92. The van der Waals surface area contributed by atoms with Crippen molar-refractivity contribution in [1.82, 2.24) is 15.0 Å². The van der Waals surface area contributed by atoms with Gasteiger partial charge in [-0.15, -0.1) is 0 Å². The van der Waals surface area contributed by atoms with E-state index in [9.17, 15) is 4.79 Å². The summed E-state index contributed by atoms with van der Waals surface area (Å²) in [6.07, 6.45) is 3.27. The summed E-state index contributed by atoms with van der Waals surface area (Å²) in [5, 5.41) is 3.94. The van der Waals surface area contributed by atoms with Crippen LogP contribution in [0.5, 0.6) is 0 Å². The third-order valence-corrected chi connectivity index (χ3v) is 7.28. The zero-order valence-corrected chi connectivity index (χ0v) is 22.3. The van der Waals surface area contributed by atoms with Crippen molar-refractivity contribution in [3.63, 3.8) is 0 Å². The molecule has 2 fully saturated rings. The summed E-state index contributed by atoms with van der Waals surface area (Å²) >= 11 is 0. The molecule has 2 saturated heterocycles. The van der Waals surface area contributed by atoms with Crippen LogP contribution in [0.1, 0.15) is 37.4 Å². The van der Waals surface area contributed by atoms with Gasteiger partial charge in [-0.1, -0.05) is 18.2 Å². The molecule has 0 spiro atoms. The molecule has 1 aromatic carbocycles. The van der Waals surface area contributed by atoms with Crippen LogP contribution in [0, 0.1) is 0 Å². The van der Waals surface area contributed by atoms with Gasteiger partial charge in [-0.3, -0.25) is 9.78 Å². The van der Waals surface area contributed by atoms with Crippen LogP contribution in [0.15, 0.2) is 66.9 Å². The summed E-state index contributed by atoms with van der Waals surface area (Å²) in [5.74, 6) is 1.20. The zero-order chi connectivity index (χ0) is 26.8.